The molecule has 2 aliphatic carbocycles. The van der Waals surface area contributed by atoms with Gasteiger partial charge in [-0.3, -0.25) is 0 Å². The van der Waals surface area contributed by atoms with Gasteiger partial charge in [0.15, 0.2) is 0 Å². The summed E-state index contributed by atoms with van der Waals surface area (Å²) in [4.78, 5) is 2.46. The van der Waals surface area contributed by atoms with Crippen molar-refractivity contribution < 1.29 is 0 Å². The number of hydrogen-bond acceptors (Lipinski definition) is 1. The van der Waals surface area contributed by atoms with Gasteiger partial charge in [-0.15, -0.1) is 0 Å². The van der Waals surface area contributed by atoms with Gasteiger partial charge in [0.1, 0.15) is 0 Å². The van der Waals surface area contributed by atoms with E-state index in [9.17, 15) is 0 Å². The molecule has 0 atom stereocenters. The molecule has 0 bridgehead atoms. The molecule has 0 fully saturated rings. The summed E-state index contributed by atoms with van der Waals surface area (Å²) in [7, 11) is 0. The average Bonchev–Trinajstić information content (AvgIpc) is 3.72. The zero-order valence-corrected chi connectivity index (χ0v) is 37.3. The van der Waals surface area contributed by atoms with Crippen molar-refractivity contribution in [3.63, 3.8) is 0 Å². The number of benzene rings is 10. The fourth-order valence-electron chi connectivity index (χ4n) is 10.8. The van der Waals surface area contributed by atoms with E-state index in [4.69, 9.17) is 0 Å². The van der Waals surface area contributed by atoms with Gasteiger partial charge < -0.3 is 4.90 Å². The Morgan fingerprint density at radius 2 is 0.569 bits per heavy atom. The predicted octanol–water partition coefficient (Wildman–Crippen LogP) is 17.6. The molecule has 0 amide bonds. The number of rotatable bonds is 7. The molecule has 65 heavy (non-hydrogen) atoms. The van der Waals surface area contributed by atoms with Crippen LogP contribution in [0.2, 0.25) is 0 Å². The first-order valence-electron chi connectivity index (χ1n) is 22.9. The molecule has 0 aliphatic heterocycles. The lowest BCUT2D eigenvalue weighted by molar-refractivity contribution is 0.660. The Bertz CT molecular complexity index is 3450. The lowest BCUT2D eigenvalue weighted by atomic mass is 9.81. The van der Waals surface area contributed by atoms with Crippen LogP contribution < -0.4 is 4.90 Å². The lowest BCUT2D eigenvalue weighted by Gasteiger charge is -2.30. The highest BCUT2D eigenvalue weighted by Crippen LogP contribution is 2.54. The summed E-state index contributed by atoms with van der Waals surface area (Å²) in [5, 5.41) is 2.53. The normalized spacial score (nSPS) is 13.8. The second-order valence-electron chi connectivity index (χ2n) is 19.0. The van der Waals surface area contributed by atoms with Gasteiger partial charge in [0.25, 0.3) is 0 Å². The summed E-state index contributed by atoms with van der Waals surface area (Å²) >= 11 is 0. The predicted molar refractivity (Wildman–Crippen MR) is 276 cm³/mol. The largest absolute Gasteiger partial charge is 0.310 e. The standard InChI is InChI=1S/C64H49N/c1-63(2)59-38-50(43-15-9-6-10-16-43)27-33-55(59)57-35-31-53(40-61(57)63)65(52-29-25-45(26-30-52)42-13-7-5-8-14-42)54-32-36-58-56-34-28-51(39-60(56)64(3,4)62(58)41-54)47-21-19-46(20-22-47)49-24-23-44-17-11-12-18-48(44)37-49/h5-41H,1-4H3. The fraction of sp³-hybridized carbons (Fsp3) is 0.0938. The topological polar surface area (TPSA) is 3.24 Å². The summed E-state index contributed by atoms with van der Waals surface area (Å²) in [6, 6.07) is 83.3. The first kappa shape index (κ1) is 38.9. The second-order valence-corrected chi connectivity index (χ2v) is 19.0. The highest BCUT2D eigenvalue weighted by Gasteiger charge is 2.38. The highest BCUT2D eigenvalue weighted by molar-refractivity contribution is 5.91. The smallest absolute Gasteiger partial charge is 0.0465 e. The zero-order chi connectivity index (χ0) is 43.9. The summed E-state index contributed by atoms with van der Waals surface area (Å²) in [5.41, 5.74) is 23.7. The fourth-order valence-corrected chi connectivity index (χ4v) is 10.8. The molecule has 0 radical (unpaired) electrons. The third-order valence-electron chi connectivity index (χ3n) is 14.5. The Kier molecular flexibility index (Phi) is 8.94. The van der Waals surface area contributed by atoms with Gasteiger partial charge in [0, 0.05) is 27.9 Å². The first-order valence-corrected chi connectivity index (χ1v) is 22.9. The van der Waals surface area contributed by atoms with Crippen molar-refractivity contribution in [1.82, 2.24) is 0 Å². The van der Waals surface area contributed by atoms with Crippen molar-refractivity contribution in [2.75, 3.05) is 4.90 Å². The Labute approximate surface area is 383 Å². The minimum Gasteiger partial charge on any atom is -0.310 e. The van der Waals surface area contributed by atoms with Crippen LogP contribution in [0.4, 0.5) is 17.1 Å². The van der Waals surface area contributed by atoms with Crippen LogP contribution in [-0.4, -0.2) is 0 Å². The van der Waals surface area contributed by atoms with Crippen LogP contribution in [0.3, 0.4) is 0 Å². The molecule has 1 heteroatoms. The van der Waals surface area contributed by atoms with E-state index in [0.717, 1.165) is 17.1 Å². The van der Waals surface area contributed by atoms with Gasteiger partial charge in [-0.2, -0.15) is 0 Å². The van der Waals surface area contributed by atoms with Gasteiger partial charge >= 0.3 is 0 Å². The Balaban J connectivity index is 0.915. The van der Waals surface area contributed by atoms with Crippen LogP contribution in [-0.2, 0) is 10.8 Å². The van der Waals surface area contributed by atoms with Crippen LogP contribution in [0, 0.1) is 0 Å². The van der Waals surface area contributed by atoms with Gasteiger partial charge in [-0.1, -0.05) is 198 Å². The van der Waals surface area contributed by atoms with E-state index in [-0.39, 0.29) is 10.8 Å². The van der Waals surface area contributed by atoms with E-state index in [2.05, 4.69) is 257 Å². The maximum absolute atomic E-state index is 2.46. The molecule has 1 nitrogen and oxygen atoms in total. The molecule has 2 aliphatic rings. The van der Waals surface area contributed by atoms with Crippen LogP contribution in [0.5, 0.6) is 0 Å². The molecule has 0 unspecified atom stereocenters. The Morgan fingerprint density at radius 3 is 1.08 bits per heavy atom. The van der Waals surface area contributed by atoms with Gasteiger partial charge in [-0.05, 0) is 154 Å². The summed E-state index contributed by atoms with van der Waals surface area (Å²) in [5.74, 6) is 0. The van der Waals surface area contributed by atoms with Crippen LogP contribution in [0.25, 0.3) is 77.5 Å². The average molecular weight is 832 g/mol. The minimum absolute atomic E-state index is 0.176. The van der Waals surface area contributed by atoms with Crippen molar-refractivity contribution in [2.24, 2.45) is 0 Å². The molecule has 0 heterocycles. The third kappa shape index (κ3) is 6.45. The summed E-state index contributed by atoms with van der Waals surface area (Å²) in [6.45, 7) is 9.56. The summed E-state index contributed by atoms with van der Waals surface area (Å²) in [6.07, 6.45) is 0. The molecule has 0 aromatic heterocycles. The quantitative estimate of drug-likeness (QED) is 0.155. The van der Waals surface area contributed by atoms with E-state index in [1.807, 2.05) is 0 Å². The highest BCUT2D eigenvalue weighted by atomic mass is 15.1. The number of hydrogen-bond donors (Lipinski definition) is 0. The molecule has 0 N–H and O–H groups in total. The number of fused-ring (bicyclic) bond motifs is 7. The van der Waals surface area contributed by atoms with Crippen molar-refractivity contribution in [3.05, 3.63) is 247 Å². The van der Waals surface area contributed by atoms with Gasteiger partial charge in [0.05, 0.1) is 0 Å². The Morgan fingerprint density at radius 1 is 0.246 bits per heavy atom. The molecule has 0 saturated heterocycles. The van der Waals surface area contributed by atoms with E-state index in [1.54, 1.807) is 0 Å². The molecule has 310 valence electrons. The SMILES string of the molecule is CC1(C)c2cc(-c3ccccc3)ccc2-c2ccc(N(c3ccc(-c4ccccc4)cc3)c3ccc4c(c3)C(C)(C)c3cc(-c5ccc(-c6ccc7ccccc7c6)cc5)ccc3-4)cc21. The molecular formula is C64H49N. The van der Waals surface area contributed by atoms with Crippen molar-refractivity contribution in [2.45, 2.75) is 38.5 Å². The molecular weight excluding hydrogens is 783 g/mol. The summed E-state index contributed by atoms with van der Waals surface area (Å²) < 4.78 is 0. The Hall–Kier alpha value is -7.74. The minimum atomic E-state index is -0.206. The molecule has 0 spiro atoms. The van der Waals surface area contributed by atoms with Gasteiger partial charge in [-0.25, -0.2) is 0 Å². The molecule has 12 rings (SSSR count). The number of nitrogens with zero attached hydrogens (tertiary/aromatic N) is 1. The maximum Gasteiger partial charge on any atom is 0.0465 e. The second kappa shape index (κ2) is 14.9. The van der Waals surface area contributed by atoms with Crippen LogP contribution >= 0.6 is 0 Å². The van der Waals surface area contributed by atoms with Crippen molar-refractivity contribution in [3.8, 4) is 66.8 Å². The number of anilines is 3. The van der Waals surface area contributed by atoms with Gasteiger partial charge in [0.2, 0.25) is 0 Å². The maximum atomic E-state index is 2.46. The van der Waals surface area contributed by atoms with Crippen LogP contribution in [0.1, 0.15) is 49.9 Å². The lowest BCUT2D eigenvalue weighted by Crippen LogP contribution is -2.18. The molecule has 0 saturated carbocycles. The molecule has 10 aromatic carbocycles. The van der Waals surface area contributed by atoms with E-state index < -0.39 is 0 Å². The van der Waals surface area contributed by atoms with E-state index in [0.29, 0.717) is 0 Å². The van der Waals surface area contributed by atoms with Crippen molar-refractivity contribution >= 4 is 27.8 Å². The monoisotopic (exact) mass is 831 g/mol. The zero-order valence-electron chi connectivity index (χ0n) is 37.3. The molecule has 10 aromatic rings. The van der Waals surface area contributed by atoms with Crippen molar-refractivity contribution in [1.29, 1.82) is 0 Å². The van der Waals surface area contributed by atoms with E-state index in [1.165, 1.54) is 99.8 Å². The third-order valence-corrected chi connectivity index (χ3v) is 14.5. The van der Waals surface area contributed by atoms with E-state index >= 15 is 0 Å². The first-order chi connectivity index (χ1) is 31.7. The van der Waals surface area contributed by atoms with Crippen LogP contribution in [0.15, 0.2) is 224 Å².